The summed E-state index contributed by atoms with van der Waals surface area (Å²) in [7, 11) is 0. The van der Waals surface area contributed by atoms with E-state index in [1.807, 2.05) is 24.4 Å². The Hall–Kier alpha value is -2.74. The first-order valence-corrected chi connectivity index (χ1v) is 11.4. The highest BCUT2D eigenvalue weighted by Crippen LogP contribution is 2.46. The lowest BCUT2D eigenvalue weighted by atomic mass is 9.64. The standard InChI is InChI=1S/C23H28N4O3S/c1-14-9-22(3,4)13-23(10-14)20(29)27(21(30)26-23)11-19(28)25-17-7-5-16(6-8-17)18-12-31-15(2)24-18/h5-8,12,14H,9-11,13H2,1-4H3,(H,25,28)(H,26,30)/t14-,23-/m1/s1. The largest absolute Gasteiger partial charge is 0.325 e. The monoisotopic (exact) mass is 440 g/mol. The van der Waals surface area contributed by atoms with Gasteiger partial charge in [-0.2, -0.15) is 0 Å². The number of rotatable bonds is 4. The number of nitrogens with one attached hydrogen (secondary N) is 2. The number of hydrogen-bond donors (Lipinski definition) is 2. The van der Waals surface area contributed by atoms with E-state index in [2.05, 4.69) is 36.4 Å². The van der Waals surface area contributed by atoms with Crippen molar-refractivity contribution in [2.45, 2.75) is 52.5 Å². The molecule has 2 atom stereocenters. The summed E-state index contributed by atoms with van der Waals surface area (Å²) in [5.41, 5.74) is 1.53. The number of hydrogen-bond acceptors (Lipinski definition) is 5. The van der Waals surface area contributed by atoms with E-state index < -0.39 is 17.5 Å². The maximum Gasteiger partial charge on any atom is 0.325 e. The number of amides is 4. The van der Waals surface area contributed by atoms with Gasteiger partial charge in [0, 0.05) is 16.6 Å². The summed E-state index contributed by atoms with van der Waals surface area (Å²) in [6.07, 6.45) is 2.20. The van der Waals surface area contributed by atoms with Crippen molar-refractivity contribution >= 4 is 34.9 Å². The molecule has 1 aliphatic carbocycles. The Morgan fingerprint density at radius 2 is 1.97 bits per heavy atom. The van der Waals surface area contributed by atoms with Crippen molar-refractivity contribution in [2.24, 2.45) is 11.3 Å². The van der Waals surface area contributed by atoms with Crippen LogP contribution >= 0.6 is 11.3 Å². The second-order valence-electron chi connectivity index (χ2n) is 9.64. The van der Waals surface area contributed by atoms with E-state index in [-0.39, 0.29) is 17.9 Å². The van der Waals surface area contributed by atoms with Crippen molar-refractivity contribution in [3.8, 4) is 11.3 Å². The van der Waals surface area contributed by atoms with Crippen molar-refractivity contribution in [1.82, 2.24) is 15.2 Å². The smallest absolute Gasteiger partial charge is 0.325 e. The summed E-state index contributed by atoms with van der Waals surface area (Å²) in [6, 6.07) is 6.87. The molecule has 1 saturated heterocycles. The van der Waals surface area contributed by atoms with E-state index in [1.54, 1.807) is 23.5 Å². The number of aryl methyl sites for hydroxylation is 1. The molecular formula is C23H28N4O3S. The summed E-state index contributed by atoms with van der Waals surface area (Å²) in [6.45, 7) is 8.01. The molecule has 1 saturated carbocycles. The molecule has 1 aliphatic heterocycles. The SMILES string of the molecule is Cc1nc(-c2ccc(NC(=O)CN3C(=O)N[C@@]4(C[C@H](C)CC(C)(C)C4)C3=O)cc2)cs1. The van der Waals surface area contributed by atoms with Crippen molar-refractivity contribution in [3.63, 3.8) is 0 Å². The Balaban J connectivity index is 1.41. The van der Waals surface area contributed by atoms with Crippen molar-refractivity contribution in [2.75, 3.05) is 11.9 Å². The number of thiazole rings is 1. The van der Waals surface area contributed by atoms with Crippen LogP contribution in [0.25, 0.3) is 11.3 Å². The maximum atomic E-state index is 13.2. The van der Waals surface area contributed by atoms with Gasteiger partial charge in [0.05, 0.1) is 10.7 Å². The van der Waals surface area contributed by atoms with Crippen LogP contribution in [0, 0.1) is 18.3 Å². The van der Waals surface area contributed by atoms with Gasteiger partial charge in [-0.05, 0) is 49.7 Å². The normalized spacial score (nSPS) is 25.0. The molecule has 2 fully saturated rings. The van der Waals surface area contributed by atoms with Crippen LogP contribution in [0.1, 0.15) is 45.0 Å². The zero-order valence-electron chi connectivity index (χ0n) is 18.3. The molecular weight excluding hydrogens is 412 g/mol. The van der Waals surface area contributed by atoms with Gasteiger partial charge in [-0.1, -0.05) is 32.9 Å². The minimum atomic E-state index is -0.897. The molecule has 1 aromatic carbocycles. The average Bonchev–Trinajstić information content (AvgIpc) is 3.18. The number of urea groups is 1. The molecule has 2 heterocycles. The fourth-order valence-electron chi connectivity index (χ4n) is 5.21. The third-order valence-corrected chi connectivity index (χ3v) is 6.78. The van der Waals surface area contributed by atoms with Crippen LogP contribution in [0.15, 0.2) is 29.6 Å². The summed E-state index contributed by atoms with van der Waals surface area (Å²) < 4.78 is 0. The minimum absolute atomic E-state index is 0.0452. The molecule has 4 rings (SSSR count). The van der Waals surface area contributed by atoms with Gasteiger partial charge in [-0.15, -0.1) is 11.3 Å². The van der Waals surface area contributed by atoms with E-state index in [9.17, 15) is 14.4 Å². The highest BCUT2D eigenvalue weighted by molar-refractivity contribution is 7.09. The molecule has 2 N–H and O–H groups in total. The van der Waals surface area contributed by atoms with Gasteiger partial charge in [-0.3, -0.25) is 14.5 Å². The predicted molar refractivity (Wildman–Crippen MR) is 121 cm³/mol. The highest BCUT2D eigenvalue weighted by atomic mass is 32.1. The predicted octanol–water partition coefficient (Wildman–Crippen LogP) is 4.19. The molecule has 0 bridgehead atoms. The fourth-order valence-corrected chi connectivity index (χ4v) is 5.84. The second kappa shape index (κ2) is 7.75. The van der Waals surface area contributed by atoms with Crippen molar-refractivity contribution < 1.29 is 14.4 Å². The van der Waals surface area contributed by atoms with Crippen molar-refractivity contribution in [1.29, 1.82) is 0 Å². The molecule has 2 aromatic rings. The first-order chi connectivity index (χ1) is 14.6. The van der Waals surface area contributed by atoms with Crippen molar-refractivity contribution in [3.05, 3.63) is 34.7 Å². The van der Waals surface area contributed by atoms with Gasteiger partial charge >= 0.3 is 6.03 Å². The number of benzene rings is 1. The lowest BCUT2D eigenvalue weighted by molar-refractivity contribution is -0.136. The first kappa shape index (κ1) is 21.5. The van der Waals surface area contributed by atoms with Gasteiger partial charge in [0.2, 0.25) is 5.91 Å². The second-order valence-corrected chi connectivity index (χ2v) is 10.7. The maximum absolute atomic E-state index is 13.2. The van der Waals surface area contributed by atoms with E-state index >= 15 is 0 Å². The van der Waals surface area contributed by atoms with E-state index in [1.165, 1.54) is 0 Å². The van der Waals surface area contributed by atoms with Crippen LogP contribution in [-0.2, 0) is 9.59 Å². The Bertz CT molecular complexity index is 1030. The van der Waals surface area contributed by atoms with E-state index in [4.69, 9.17) is 0 Å². The molecule has 2 aliphatic rings. The summed E-state index contributed by atoms with van der Waals surface area (Å²) >= 11 is 1.59. The third kappa shape index (κ3) is 4.35. The Morgan fingerprint density at radius 1 is 1.26 bits per heavy atom. The Kier molecular flexibility index (Phi) is 5.37. The minimum Gasteiger partial charge on any atom is -0.325 e. The molecule has 0 unspecified atom stereocenters. The number of imide groups is 1. The zero-order valence-corrected chi connectivity index (χ0v) is 19.1. The van der Waals surface area contributed by atoms with Crippen LogP contribution in [0.3, 0.4) is 0 Å². The Morgan fingerprint density at radius 3 is 2.58 bits per heavy atom. The first-order valence-electron chi connectivity index (χ1n) is 10.5. The molecule has 1 spiro atoms. The number of aromatic nitrogens is 1. The van der Waals surface area contributed by atoms with E-state index in [0.29, 0.717) is 24.4 Å². The molecule has 0 radical (unpaired) electrons. The molecule has 164 valence electrons. The zero-order chi connectivity index (χ0) is 22.4. The summed E-state index contributed by atoms with van der Waals surface area (Å²) in [5.74, 6) is -0.371. The topological polar surface area (TPSA) is 91.4 Å². The number of carbonyl (C=O) groups is 3. The van der Waals surface area contributed by atoms with Crippen LogP contribution in [0.2, 0.25) is 0 Å². The molecule has 31 heavy (non-hydrogen) atoms. The van der Waals surface area contributed by atoms with Gasteiger partial charge in [0.25, 0.3) is 5.91 Å². The lowest BCUT2D eigenvalue weighted by Crippen LogP contribution is -2.54. The third-order valence-electron chi connectivity index (χ3n) is 6.01. The van der Waals surface area contributed by atoms with Crippen LogP contribution in [0.5, 0.6) is 0 Å². The summed E-state index contributed by atoms with van der Waals surface area (Å²) in [5, 5.41) is 8.67. The summed E-state index contributed by atoms with van der Waals surface area (Å²) in [4.78, 5) is 43.8. The van der Waals surface area contributed by atoms with Gasteiger partial charge in [0.15, 0.2) is 0 Å². The van der Waals surface area contributed by atoms with Gasteiger partial charge < -0.3 is 10.6 Å². The number of carbonyl (C=O) groups excluding carboxylic acids is 3. The number of anilines is 1. The Labute approximate surface area is 186 Å². The lowest BCUT2D eigenvalue weighted by Gasteiger charge is -2.43. The quantitative estimate of drug-likeness (QED) is 0.697. The van der Waals surface area contributed by atoms with Crippen LogP contribution in [0.4, 0.5) is 10.5 Å². The van der Waals surface area contributed by atoms with Crippen LogP contribution < -0.4 is 10.6 Å². The van der Waals surface area contributed by atoms with Crippen LogP contribution in [-0.4, -0.2) is 39.8 Å². The molecule has 4 amide bonds. The van der Waals surface area contributed by atoms with Gasteiger partial charge in [-0.25, -0.2) is 9.78 Å². The fraction of sp³-hybridized carbons (Fsp3) is 0.478. The molecule has 1 aromatic heterocycles. The van der Waals surface area contributed by atoms with E-state index in [0.717, 1.165) is 27.6 Å². The molecule has 7 nitrogen and oxygen atoms in total. The average molecular weight is 441 g/mol. The molecule has 8 heteroatoms. The van der Waals surface area contributed by atoms with Gasteiger partial charge in [0.1, 0.15) is 12.1 Å². The highest BCUT2D eigenvalue weighted by Gasteiger charge is 2.56. The number of nitrogens with zero attached hydrogens (tertiary/aromatic N) is 2.